The summed E-state index contributed by atoms with van der Waals surface area (Å²) in [5.41, 5.74) is 6.17. The number of aryl methyl sites for hydroxylation is 1. The van der Waals surface area contributed by atoms with Gasteiger partial charge in [0.1, 0.15) is 11.6 Å². The van der Waals surface area contributed by atoms with Crippen LogP contribution in [0.4, 0.5) is 16.3 Å². The summed E-state index contributed by atoms with van der Waals surface area (Å²) in [6.07, 6.45) is 0. The maximum atomic E-state index is 13.2. The molecule has 1 aromatic carbocycles. The van der Waals surface area contributed by atoms with E-state index in [2.05, 4.69) is 15.0 Å². The van der Waals surface area contributed by atoms with E-state index in [-0.39, 0.29) is 17.8 Å². The van der Waals surface area contributed by atoms with E-state index in [1.54, 1.807) is 13.0 Å². The molecular weight excluding hydrogens is 273 g/mol. The minimum atomic E-state index is -0.290. The first-order valence-corrected chi connectivity index (χ1v) is 6.74. The number of hydrogen-bond donors (Lipinski definition) is 1. The standard InChI is InChI=1S/C14H18FN5O/c1-4-20(5-2)13-17-12(16)18-14(19-13)21-10-6-7-11(15)9(3)8-10/h6-8H,4-5H2,1-3H3,(H2,16,17,18,19). The fourth-order valence-electron chi connectivity index (χ4n) is 1.84. The Morgan fingerprint density at radius 2 is 1.90 bits per heavy atom. The molecule has 7 heteroatoms. The number of aromatic nitrogens is 3. The van der Waals surface area contributed by atoms with Gasteiger partial charge in [0.05, 0.1) is 0 Å². The molecule has 0 spiro atoms. The number of ether oxygens (including phenoxy) is 1. The largest absolute Gasteiger partial charge is 0.424 e. The highest BCUT2D eigenvalue weighted by molar-refractivity contribution is 5.37. The number of anilines is 2. The van der Waals surface area contributed by atoms with Crippen molar-refractivity contribution in [2.45, 2.75) is 20.8 Å². The summed E-state index contributed by atoms with van der Waals surface area (Å²) in [5, 5.41) is 0. The van der Waals surface area contributed by atoms with Crippen LogP contribution in [0.15, 0.2) is 18.2 Å². The Kier molecular flexibility index (Phi) is 4.52. The lowest BCUT2D eigenvalue weighted by Gasteiger charge is -2.18. The van der Waals surface area contributed by atoms with E-state index in [1.807, 2.05) is 18.7 Å². The van der Waals surface area contributed by atoms with Crippen LogP contribution >= 0.6 is 0 Å². The molecule has 0 unspecified atom stereocenters. The number of nitrogens with zero attached hydrogens (tertiary/aromatic N) is 4. The molecule has 2 rings (SSSR count). The average molecular weight is 291 g/mol. The van der Waals surface area contributed by atoms with E-state index < -0.39 is 0 Å². The highest BCUT2D eigenvalue weighted by Gasteiger charge is 2.11. The van der Waals surface area contributed by atoms with E-state index in [0.717, 1.165) is 13.1 Å². The maximum absolute atomic E-state index is 13.2. The molecule has 0 saturated heterocycles. The number of rotatable bonds is 5. The molecular formula is C14H18FN5O. The normalized spacial score (nSPS) is 10.5. The van der Waals surface area contributed by atoms with Gasteiger partial charge in [-0.25, -0.2) is 4.39 Å². The van der Waals surface area contributed by atoms with Crippen molar-refractivity contribution in [1.29, 1.82) is 0 Å². The highest BCUT2D eigenvalue weighted by Crippen LogP contribution is 2.22. The van der Waals surface area contributed by atoms with E-state index in [0.29, 0.717) is 17.3 Å². The van der Waals surface area contributed by atoms with Gasteiger partial charge < -0.3 is 15.4 Å². The molecule has 21 heavy (non-hydrogen) atoms. The average Bonchev–Trinajstić information content (AvgIpc) is 2.44. The third-order valence-electron chi connectivity index (χ3n) is 3.01. The molecule has 6 nitrogen and oxygen atoms in total. The molecule has 0 bridgehead atoms. The summed E-state index contributed by atoms with van der Waals surface area (Å²) in [6, 6.07) is 4.52. The van der Waals surface area contributed by atoms with E-state index >= 15 is 0 Å². The molecule has 2 aromatic rings. The molecule has 0 amide bonds. The fourth-order valence-corrected chi connectivity index (χ4v) is 1.84. The molecule has 112 valence electrons. The zero-order valence-corrected chi connectivity index (χ0v) is 12.3. The van der Waals surface area contributed by atoms with Gasteiger partial charge in [0.2, 0.25) is 11.9 Å². The highest BCUT2D eigenvalue weighted by atomic mass is 19.1. The van der Waals surface area contributed by atoms with Gasteiger partial charge in [0.15, 0.2) is 0 Å². The second kappa shape index (κ2) is 6.34. The minimum absolute atomic E-state index is 0.0840. The number of nitrogen functional groups attached to an aromatic ring is 1. The van der Waals surface area contributed by atoms with Crippen molar-refractivity contribution in [2.75, 3.05) is 23.7 Å². The number of halogens is 1. The topological polar surface area (TPSA) is 77.2 Å². The summed E-state index contributed by atoms with van der Waals surface area (Å²) >= 11 is 0. The molecule has 0 aliphatic carbocycles. The molecule has 2 N–H and O–H groups in total. The minimum Gasteiger partial charge on any atom is -0.424 e. The molecule has 1 aromatic heterocycles. The predicted octanol–water partition coefficient (Wildman–Crippen LogP) is 2.54. The molecule has 0 atom stereocenters. The summed E-state index contributed by atoms with van der Waals surface area (Å²) in [7, 11) is 0. The molecule has 0 saturated carbocycles. The van der Waals surface area contributed by atoms with Gasteiger partial charge in [-0.3, -0.25) is 0 Å². The Morgan fingerprint density at radius 3 is 2.52 bits per heavy atom. The van der Waals surface area contributed by atoms with Crippen LogP contribution in [0.3, 0.4) is 0 Å². The lowest BCUT2D eigenvalue weighted by molar-refractivity contribution is 0.438. The quantitative estimate of drug-likeness (QED) is 0.912. The summed E-state index contributed by atoms with van der Waals surface area (Å²) in [6.45, 7) is 7.13. The first kappa shape index (κ1) is 15.0. The molecule has 0 radical (unpaired) electrons. The summed E-state index contributed by atoms with van der Waals surface area (Å²) < 4.78 is 18.8. The van der Waals surface area contributed by atoms with Crippen molar-refractivity contribution >= 4 is 11.9 Å². The number of benzene rings is 1. The van der Waals surface area contributed by atoms with Crippen molar-refractivity contribution in [3.8, 4) is 11.8 Å². The number of nitrogens with two attached hydrogens (primary N) is 1. The van der Waals surface area contributed by atoms with E-state index in [1.165, 1.54) is 12.1 Å². The van der Waals surface area contributed by atoms with Gasteiger partial charge in [-0.05, 0) is 44.5 Å². The third-order valence-corrected chi connectivity index (χ3v) is 3.01. The monoisotopic (exact) mass is 291 g/mol. The Morgan fingerprint density at radius 1 is 1.19 bits per heavy atom. The Labute approximate surface area is 122 Å². The Balaban J connectivity index is 2.29. The second-order valence-corrected chi connectivity index (χ2v) is 4.46. The van der Waals surface area contributed by atoms with E-state index in [4.69, 9.17) is 10.5 Å². The van der Waals surface area contributed by atoms with Crippen LogP contribution in [0.25, 0.3) is 0 Å². The van der Waals surface area contributed by atoms with Crippen molar-refractivity contribution in [2.24, 2.45) is 0 Å². The molecule has 0 aliphatic heterocycles. The zero-order valence-electron chi connectivity index (χ0n) is 12.3. The number of hydrogen-bond acceptors (Lipinski definition) is 6. The lowest BCUT2D eigenvalue weighted by atomic mass is 10.2. The van der Waals surface area contributed by atoms with Crippen LogP contribution in [-0.4, -0.2) is 28.0 Å². The third kappa shape index (κ3) is 3.56. The van der Waals surface area contributed by atoms with Crippen molar-refractivity contribution in [3.63, 3.8) is 0 Å². The second-order valence-electron chi connectivity index (χ2n) is 4.46. The van der Waals surface area contributed by atoms with Crippen LogP contribution in [0.1, 0.15) is 19.4 Å². The lowest BCUT2D eigenvalue weighted by Crippen LogP contribution is -2.25. The van der Waals surface area contributed by atoms with Crippen molar-refractivity contribution in [1.82, 2.24) is 15.0 Å². The van der Waals surface area contributed by atoms with E-state index in [9.17, 15) is 4.39 Å². The van der Waals surface area contributed by atoms with Crippen LogP contribution in [0.5, 0.6) is 11.8 Å². The Hall–Kier alpha value is -2.44. The first-order chi connectivity index (χ1) is 10.0. The fraction of sp³-hybridized carbons (Fsp3) is 0.357. The Bertz CT molecular complexity index is 631. The van der Waals surface area contributed by atoms with Crippen molar-refractivity contribution in [3.05, 3.63) is 29.6 Å². The molecule has 0 aliphatic rings. The van der Waals surface area contributed by atoms with Gasteiger partial charge in [0, 0.05) is 13.1 Å². The SMILES string of the molecule is CCN(CC)c1nc(N)nc(Oc2ccc(F)c(C)c2)n1. The van der Waals surface area contributed by atoms with Gasteiger partial charge in [-0.15, -0.1) is 0 Å². The van der Waals surface area contributed by atoms with Gasteiger partial charge in [0.25, 0.3) is 0 Å². The van der Waals surface area contributed by atoms with Gasteiger partial charge in [-0.1, -0.05) is 0 Å². The van der Waals surface area contributed by atoms with Gasteiger partial charge in [-0.2, -0.15) is 15.0 Å². The van der Waals surface area contributed by atoms with Crippen LogP contribution < -0.4 is 15.4 Å². The van der Waals surface area contributed by atoms with Crippen LogP contribution in [-0.2, 0) is 0 Å². The summed E-state index contributed by atoms with van der Waals surface area (Å²) in [4.78, 5) is 14.2. The van der Waals surface area contributed by atoms with Crippen LogP contribution in [0, 0.1) is 12.7 Å². The molecule has 1 heterocycles. The van der Waals surface area contributed by atoms with Gasteiger partial charge >= 0.3 is 6.01 Å². The summed E-state index contributed by atoms with van der Waals surface area (Å²) in [5.74, 6) is 0.702. The zero-order chi connectivity index (χ0) is 15.4. The van der Waals surface area contributed by atoms with Crippen LogP contribution in [0.2, 0.25) is 0 Å². The first-order valence-electron chi connectivity index (χ1n) is 6.74. The van der Waals surface area contributed by atoms with Crippen molar-refractivity contribution < 1.29 is 9.13 Å². The smallest absolute Gasteiger partial charge is 0.328 e. The predicted molar refractivity (Wildman–Crippen MR) is 79.0 cm³/mol. The molecule has 0 fully saturated rings. The maximum Gasteiger partial charge on any atom is 0.328 e.